The Hall–Kier alpha value is -4.19. The highest BCUT2D eigenvalue weighted by Crippen LogP contribution is 2.21. The smallest absolute Gasteiger partial charge is 0.247 e. The minimum absolute atomic E-state index is 0.107. The van der Waals surface area contributed by atoms with Crippen molar-refractivity contribution in [1.29, 1.82) is 0 Å². The summed E-state index contributed by atoms with van der Waals surface area (Å²) in [5.74, 6) is -0.299. The number of carbonyl (C=O) groups excluding carboxylic acids is 3. The molecule has 1 aliphatic carbocycles. The molecule has 6 nitrogen and oxygen atoms in total. The Bertz CT molecular complexity index is 1200. The molecule has 3 aromatic rings. The van der Waals surface area contributed by atoms with Crippen LogP contribution in [0.1, 0.15) is 26.3 Å². The van der Waals surface area contributed by atoms with Crippen molar-refractivity contribution in [3.05, 3.63) is 107 Å². The molecule has 4 rings (SSSR count). The number of ether oxygens (including phenoxy) is 1. The minimum Gasteiger partial charge on any atom is -0.497 e. The number of carbonyl (C=O) groups is 3. The van der Waals surface area contributed by atoms with Gasteiger partial charge in [0.25, 0.3) is 0 Å². The number of benzene rings is 3. The summed E-state index contributed by atoms with van der Waals surface area (Å²) >= 11 is 0. The number of fused-ring (bicyclic) bond motifs is 1. The molecule has 0 heterocycles. The third-order valence-corrected chi connectivity index (χ3v) is 5.22. The maximum Gasteiger partial charge on any atom is 0.247 e. The molecule has 0 fully saturated rings. The van der Waals surface area contributed by atoms with Gasteiger partial charge in [0, 0.05) is 35.4 Å². The summed E-state index contributed by atoms with van der Waals surface area (Å²) in [5, 5.41) is 5.89. The number of hydrogen-bond donors (Lipinski definition) is 2. The zero-order valence-electron chi connectivity index (χ0n) is 17.5. The van der Waals surface area contributed by atoms with Gasteiger partial charge < -0.3 is 15.4 Å². The van der Waals surface area contributed by atoms with Crippen molar-refractivity contribution in [1.82, 2.24) is 5.32 Å². The summed E-state index contributed by atoms with van der Waals surface area (Å²) in [7, 11) is 1.55. The van der Waals surface area contributed by atoms with Crippen LogP contribution < -0.4 is 15.4 Å². The molecular weight excluding hydrogens is 404 g/mol. The highest BCUT2D eigenvalue weighted by atomic mass is 16.5. The van der Waals surface area contributed by atoms with E-state index >= 15 is 0 Å². The summed E-state index contributed by atoms with van der Waals surface area (Å²) < 4.78 is 5.22. The van der Waals surface area contributed by atoms with Crippen LogP contribution in [0.15, 0.2) is 90.6 Å². The maximum absolute atomic E-state index is 13.2. The van der Waals surface area contributed by atoms with Crippen LogP contribution in [-0.4, -0.2) is 30.6 Å². The van der Waals surface area contributed by atoms with E-state index in [9.17, 15) is 14.4 Å². The highest BCUT2D eigenvalue weighted by molar-refractivity contribution is 6.24. The number of Topliss-reactive ketones (excluding diaryl/α,β-unsaturated/α-hetero) is 1. The molecule has 0 aliphatic heterocycles. The largest absolute Gasteiger partial charge is 0.497 e. The number of amides is 1. The minimum atomic E-state index is -0.781. The quantitative estimate of drug-likeness (QED) is 0.600. The fraction of sp³-hybridized carbons (Fsp3) is 0.115. The van der Waals surface area contributed by atoms with Gasteiger partial charge in [0.15, 0.2) is 5.78 Å². The predicted molar refractivity (Wildman–Crippen MR) is 122 cm³/mol. The van der Waals surface area contributed by atoms with Gasteiger partial charge in [0.1, 0.15) is 11.8 Å². The Kier molecular flexibility index (Phi) is 6.12. The second-order valence-corrected chi connectivity index (χ2v) is 7.40. The first-order valence-electron chi connectivity index (χ1n) is 10.2. The number of allylic oxidation sites excluding steroid dienone is 2. The lowest BCUT2D eigenvalue weighted by atomic mass is 9.92. The van der Waals surface area contributed by atoms with E-state index in [0.29, 0.717) is 29.0 Å². The molecule has 32 heavy (non-hydrogen) atoms. The number of anilines is 1. The Morgan fingerprint density at radius 1 is 0.906 bits per heavy atom. The van der Waals surface area contributed by atoms with E-state index in [1.165, 1.54) is 6.08 Å². The monoisotopic (exact) mass is 426 g/mol. The van der Waals surface area contributed by atoms with E-state index in [2.05, 4.69) is 10.6 Å². The molecule has 0 aromatic heterocycles. The van der Waals surface area contributed by atoms with Gasteiger partial charge in [-0.15, -0.1) is 0 Å². The molecule has 0 saturated heterocycles. The van der Waals surface area contributed by atoms with Crippen LogP contribution in [0.5, 0.6) is 5.75 Å². The van der Waals surface area contributed by atoms with Crippen molar-refractivity contribution in [2.24, 2.45) is 0 Å². The fourth-order valence-electron chi connectivity index (χ4n) is 3.60. The molecule has 1 unspecified atom stereocenters. The van der Waals surface area contributed by atoms with Crippen LogP contribution in [0.4, 0.5) is 5.69 Å². The van der Waals surface area contributed by atoms with Gasteiger partial charge in [-0.05, 0) is 17.7 Å². The number of rotatable bonds is 7. The van der Waals surface area contributed by atoms with Crippen molar-refractivity contribution in [3.8, 4) is 5.75 Å². The highest BCUT2D eigenvalue weighted by Gasteiger charge is 2.29. The molecule has 160 valence electrons. The van der Waals surface area contributed by atoms with Gasteiger partial charge in [0.2, 0.25) is 11.7 Å². The topological polar surface area (TPSA) is 84.5 Å². The standard InChI is InChI=1S/C26H22N2O4/c1-32-19-11-7-10-18(15-19)27-26(31)23(14-17-8-3-2-4-9-17)28-22-16-24(29)20-12-5-6-13-21(20)25(22)30/h2-13,15-16,23,28H,14H2,1H3,(H,27,31). The molecular formula is C26H22N2O4. The Morgan fingerprint density at radius 3 is 2.38 bits per heavy atom. The predicted octanol–water partition coefficient (Wildman–Crippen LogP) is 3.80. The van der Waals surface area contributed by atoms with Gasteiger partial charge in [-0.1, -0.05) is 60.7 Å². The van der Waals surface area contributed by atoms with Crippen molar-refractivity contribution in [3.63, 3.8) is 0 Å². The Morgan fingerprint density at radius 2 is 1.62 bits per heavy atom. The van der Waals surface area contributed by atoms with E-state index in [1.54, 1.807) is 55.6 Å². The van der Waals surface area contributed by atoms with Gasteiger partial charge in [-0.2, -0.15) is 0 Å². The Balaban J connectivity index is 1.60. The molecule has 0 saturated carbocycles. The lowest BCUT2D eigenvalue weighted by Gasteiger charge is -2.23. The van der Waals surface area contributed by atoms with E-state index < -0.39 is 6.04 Å². The number of methoxy groups -OCH3 is 1. The summed E-state index contributed by atoms with van der Waals surface area (Å²) in [6.45, 7) is 0. The SMILES string of the molecule is COc1cccc(NC(=O)C(Cc2ccccc2)NC2=CC(=O)c3ccccc3C2=O)c1. The molecule has 0 radical (unpaired) electrons. The first-order valence-corrected chi connectivity index (χ1v) is 10.2. The van der Waals surface area contributed by atoms with E-state index in [-0.39, 0.29) is 23.2 Å². The summed E-state index contributed by atoms with van der Waals surface area (Å²) in [6.07, 6.45) is 1.60. The van der Waals surface area contributed by atoms with Crippen LogP contribution in [0.3, 0.4) is 0 Å². The molecule has 1 aliphatic rings. The van der Waals surface area contributed by atoms with E-state index in [0.717, 1.165) is 5.56 Å². The fourth-order valence-corrected chi connectivity index (χ4v) is 3.60. The average molecular weight is 426 g/mol. The maximum atomic E-state index is 13.2. The molecule has 3 aromatic carbocycles. The normalized spacial score (nSPS) is 13.6. The first-order chi connectivity index (χ1) is 15.5. The van der Waals surface area contributed by atoms with Crippen LogP contribution in [-0.2, 0) is 11.2 Å². The zero-order chi connectivity index (χ0) is 22.5. The number of hydrogen-bond acceptors (Lipinski definition) is 5. The lowest BCUT2D eigenvalue weighted by Crippen LogP contribution is -2.44. The average Bonchev–Trinajstić information content (AvgIpc) is 2.82. The van der Waals surface area contributed by atoms with Crippen LogP contribution in [0.25, 0.3) is 0 Å². The summed E-state index contributed by atoms with van der Waals surface area (Å²) in [5.41, 5.74) is 2.29. The zero-order valence-corrected chi connectivity index (χ0v) is 17.5. The number of ketones is 2. The second kappa shape index (κ2) is 9.31. The Labute approximate surface area is 185 Å². The van der Waals surface area contributed by atoms with Crippen molar-refractivity contribution in [2.45, 2.75) is 12.5 Å². The molecule has 1 atom stereocenters. The van der Waals surface area contributed by atoms with Crippen LogP contribution in [0, 0.1) is 0 Å². The third kappa shape index (κ3) is 4.59. The van der Waals surface area contributed by atoms with Crippen molar-refractivity contribution >= 4 is 23.2 Å². The summed E-state index contributed by atoms with van der Waals surface area (Å²) in [6, 6.07) is 22.4. The van der Waals surface area contributed by atoms with Gasteiger partial charge in [0.05, 0.1) is 12.8 Å². The second-order valence-electron chi connectivity index (χ2n) is 7.40. The van der Waals surface area contributed by atoms with E-state index in [4.69, 9.17) is 4.74 Å². The van der Waals surface area contributed by atoms with E-state index in [1.807, 2.05) is 30.3 Å². The van der Waals surface area contributed by atoms with Gasteiger partial charge in [-0.25, -0.2) is 0 Å². The van der Waals surface area contributed by atoms with Crippen molar-refractivity contribution < 1.29 is 19.1 Å². The van der Waals surface area contributed by atoms with Gasteiger partial charge >= 0.3 is 0 Å². The van der Waals surface area contributed by atoms with Gasteiger partial charge in [-0.3, -0.25) is 14.4 Å². The van der Waals surface area contributed by atoms with Crippen molar-refractivity contribution in [2.75, 3.05) is 12.4 Å². The molecule has 6 heteroatoms. The molecule has 0 bridgehead atoms. The first kappa shape index (κ1) is 21.1. The van der Waals surface area contributed by atoms with Crippen LogP contribution >= 0.6 is 0 Å². The molecule has 2 N–H and O–H groups in total. The summed E-state index contributed by atoms with van der Waals surface area (Å²) in [4.78, 5) is 38.7. The van der Waals surface area contributed by atoms with Crippen LogP contribution in [0.2, 0.25) is 0 Å². The third-order valence-electron chi connectivity index (χ3n) is 5.22. The molecule has 1 amide bonds. The number of nitrogens with one attached hydrogen (secondary N) is 2. The molecule has 0 spiro atoms. The lowest BCUT2D eigenvalue weighted by molar-refractivity contribution is -0.117.